The van der Waals surface area contributed by atoms with Crippen LogP contribution < -0.4 is 5.32 Å². The van der Waals surface area contributed by atoms with E-state index in [1.54, 1.807) is 4.90 Å². The smallest absolute Gasteiger partial charge is 0.317 e. The molecule has 1 fully saturated rings. The van der Waals surface area contributed by atoms with Crippen LogP contribution in [0.5, 0.6) is 0 Å². The van der Waals surface area contributed by atoms with E-state index >= 15 is 0 Å². The fraction of sp³-hybridized carbons (Fsp3) is 0.867. The summed E-state index contributed by atoms with van der Waals surface area (Å²) in [7, 11) is 0. The van der Waals surface area contributed by atoms with Gasteiger partial charge in [-0.2, -0.15) is 0 Å². The van der Waals surface area contributed by atoms with Gasteiger partial charge in [0.15, 0.2) is 0 Å². The number of carbonyl (C=O) groups is 2. The van der Waals surface area contributed by atoms with E-state index in [0.717, 1.165) is 12.8 Å². The van der Waals surface area contributed by atoms with Crippen molar-refractivity contribution in [2.24, 2.45) is 17.3 Å². The summed E-state index contributed by atoms with van der Waals surface area (Å²) in [6, 6.07) is -0.128. The lowest BCUT2D eigenvalue weighted by Gasteiger charge is -2.23. The molecule has 0 aromatic heterocycles. The minimum atomic E-state index is -0.806. The number of nitrogens with zero attached hydrogens (tertiary/aromatic N) is 1. The SMILES string of the molecule is CC(CCNC(=O)N1CCC(C(=O)O)C1)CC(C)(C)C. The van der Waals surface area contributed by atoms with Gasteiger partial charge in [0.2, 0.25) is 0 Å². The lowest BCUT2D eigenvalue weighted by atomic mass is 9.84. The first kappa shape index (κ1) is 16.8. The Balaban J connectivity index is 2.23. The number of amides is 2. The van der Waals surface area contributed by atoms with E-state index in [1.807, 2.05) is 0 Å². The van der Waals surface area contributed by atoms with Gasteiger partial charge >= 0.3 is 12.0 Å². The Morgan fingerprint density at radius 2 is 2.05 bits per heavy atom. The van der Waals surface area contributed by atoms with Crippen molar-refractivity contribution in [2.75, 3.05) is 19.6 Å². The largest absolute Gasteiger partial charge is 0.481 e. The molecule has 1 aliphatic rings. The highest BCUT2D eigenvalue weighted by atomic mass is 16.4. The number of nitrogens with one attached hydrogen (secondary N) is 1. The van der Waals surface area contributed by atoms with Gasteiger partial charge in [0, 0.05) is 19.6 Å². The molecule has 0 saturated carbocycles. The quantitative estimate of drug-likeness (QED) is 0.815. The molecule has 0 aromatic carbocycles. The number of aliphatic carboxylic acids is 1. The molecule has 20 heavy (non-hydrogen) atoms. The van der Waals surface area contributed by atoms with Crippen LogP contribution in [0.15, 0.2) is 0 Å². The highest BCUT2D eigenvalue weighted by Crippen LogP contribution is 2.25. The van der Waals surface area contributed by atoms with Crippen LogP contribution in [0.3, 0.4) is 0 Å². The lowest BCUT2D eigenvalue weighted by molar-refractivity contribution is -0.141. The van der Waals surface area contributed by atoms with Crippen LogP contribution in [0.25, 0.3) is 0 Å². The van der Waals surface area contributed by atoms with E-state index in [0.29, 0.717) is 37.4 Å². The summed E-state index contributed by atoms with van der Waals surface area (Å²) in [6.45, 7) is 10.4. The van der Waals surface area contributed by atoms with Gasteiger partial charge in [-0.3, -0.25) is 4.79 Å². The van der Waals surface area contributed by atoms with Crippen molar-refractivity contribution in [2.45, 2.75) is 47.0 Å². The first-order chi connectivity index (χ1) is 9.19. The molecule has 116 valence electrons. The lowest BCUT2D eigenvalue weighted by Crippen LogP contribution is -2.39. The number of rotatable bonds is 5. The fourth-order valence-electron chi connectivity index (χ4n) is 2.83. The third-order valence-corrected chi connectivity index (χ3v) is 3.70. The van der Waals surface area contributed by atoms with Crippen molar-refractivity contribution in [3.05, 3.63) is 0 Å². The van der Waals surface area contributed by atoms with Crippen molar-refractivity contribution in [3.63, 3.8) is 0 Å². The summed E-state index contributed by atoms with van der Waals surface area (Å²) in [5, 5.41) is 11.8. The minimum Gasteiger partial charge on any atom is -0.481 e. The molecule has 2 amide bonds. The minimum absolute atomic E-state index is 0.128. The van der Waals surface area contributed by atoms with Crippen LogP contribution >= 0.6 is 0 Å². The molecule has 0 radical (unpaired) electrons. The highest BCUT2D eigenvalue weighted by molar-refractivity contribution is 5.77. The number of carboxylic acid groups (broad SMARTS) is 1. The topological polar surface area (TPSA) is 69.6 Å². The second kappa shape index (κ2) is 6.95. The van der Waals surface area contributed by atoms with Crippen molar-refractivity contribution < 1.29 is 14.7 Å². The molecule has 1 rings (SSSR count). The summed E-state index contributed by atoms with van der Waals surface area (Å²) in [5.74, 6) is -0.639. The molecule has 0 aromatic rings. The maximum Gasteiger partial charge on any atom is 0.317 e. The number of likely N-dealkylation sites (tertiary alicyclic amines) is 1. The van der Waals surface area contributed by atoms with Crippen LogP contribution in [0.1, 0.15) is 47.0 Å². The fourth-order valence-corrected chi connectivity index (χ4v) is 2.83. The molecule has 0 bridgehead atoms. The first-order valence-corrected chi connectivity index (χ1v) is 7.44. The van der Waals surface area contributed by atoms with Crippen LogP contribution in [-0.2, 0) is 4.79 Å². The standard InChI is InChI=1S/C15H28N2O3/c1-11(9-15(2,3)4)5-7-16-14(20)17-8-6-12(10-17)13(18)19/h11-12H,5-10H2,1-4H3,(H,16,20)(H,18,19). The van der Waals surface area contributed by atoms with Crippen molar-refractivity contribution >= 4 is 12.0 Å². The molecule has 0 spiro atoms. The highest BCUT2D eigenvalue weighted by Gasteiger charge is 2.30. The number of hydrogen-bond donors (Lipinski definition) is 2. The molecular weight excluding hydrogens is 256 g/mol. The second-order valence-corrected chi connectivity index (χ2v) is 7.16. The third kappa shape index (κ3) is 5.80. The average molecular weight is 284 g/mol. The maximum atomic E-state index is 11.9. The van der Waals surface area contributed by atoms with Crippen LogP contribution in [0.2, 0.25) is 0 Å². The molecule has 2 N–H and O–H groups in total. The van der Waals surface area contributed by atoms with Gasteiger partial charge in [-0.05, 0) is 30.6 Å². The van der Waals surface area contributed by atoms with Gasteiger partial charge in [0.25, 0.3) is 0 Å². The normalized spacial score (nSPS) is 20.8. The van der Waals surface area contributed by atoms with Gasteiger partial charge in [-0.1, -0.05) is 27.7 Å². The Bertz CT molecular complexity index is 350. The predicted molar refractivity (Wildman–Crippen MR) is 78.6 cm³/mol. The van der Waals surface area contributed by atoms with Crippen LogP contribution in [-0.4, -0.2) is 41.6 Å². The summed E-state index contributed by atoms with van der Waals surface area (Å²) in [5.41, 5.74) is 0.313. The van der Waals surface area contributed by atoms with Gasteiger partial charge in [-0.25, -0.2) is 4.79 Å². The van der Waals surface area contributed by atoms with E-state index in [9.17, 15) is 9.59 Å². The molecule has 1 heterocycles. The van der Waals surface area contributed by atoms with E-state index in [4.69, 9.17) is 5.11 Å². The Morgan fingerprint density at radius 3 is 2.55 bits per heavy atom. The monoisotopic (exact) mass is 284 g/mol. The number of urea groups is 1. The molecule has 1 aliphatic heterocycles. The zero-order valence-electron chi connectivity index (χ0n) is 13.1. The molecule has 0 aliphatic carbocycles. The van der Waals surface area contributed by atoms with Crippen molar-refractivity contribution in [1.82, 2.24) is 10.2 Å². The Labute approximate surface area is 121 Å². The molecule has 2 atom stereocenters. The predicted octanol–water partition coefficient (Wildman–Crippen LogP) is 2.56. The van der Waals surface area contributed by atoms with Gasteiger partial charge in [-0.15, -0.1) is 0 Å². The molecule has 2 unspecified atom stereocenters. The first-order valence-electron chi connectivity index (χ1n) is 7.44. The van der Waals surface area contributed by atoms with Crippen LogP contribution in [0, 0.1) is 17.3 Å². The van der Waals surface area contributed by atoms with E-state index in [-0.39, 0.29) is 6.03 Å². The Kier molecular flexibility index (Phi) is 5.84. The number of hydrogen-bond acceptors (Lipinski definition) is 2. The van der Waals surface area contributed by atoms with Crippen LogP contribution in [0.4, 0.5) is 4.79 Å². The van der Waals surface area contributed by atoms with Crippen molar-refractivity contribution in [3.8, 4) is 0 Å². The van der Waals surface area contributed by atoms with Crippen molar-refractivity contribution in [1.29, 1.82) is 0 Å². The number of carbonyl (C=O) groups excluding carboxylic acids is 1. The summed E-state index contributed by atoms with van der Waals surface area (Å²) in [6.07, 6.45) is 2.65. The molecule has 1 saturated heterocycles. The zero-order valence-corrected chi connectivity index (χ0v) is 13.1. The molecule has 5 heteroatoms. The third-order valence-electron chi connectivity index (χ3n) is 3.70. The zero-order chi connectivity index (χ0) is 15.3. The van der Waals surface area contributed by atoms with E-state index in [1.165, 1.54) is 0 Å². The molecule has 5 nitrogen and oxygen atoms in total. The van der Waals surface area contributed by atoms with E-state index < -0.39 is 11.9 Å². The van der Waals surface area contributed by atoms with Gasteiger partial charge in [0.05, 0.1) is 5.92 Å². The summed E-state index contributed by atoms with van der Waals surface area (Å²) >= 11 is 0. The summed E-state index contributed by atoms with van der Waals surface area (Å²) < 4.78 is 0. The Morgan fingerprint density at radius 1 is 1.40 bits per heavy atom. The molecular formula is C15H28N2O3. The van der Waals surface area contributed by atoms with Gasteiger partial charge in [0.1, 0.15) is 0 Å². The Hall–Kier alpha value is -1.26. The maximum absolute atomic E-state index is 11.9. The average Bonchev–Trinajstić information content (AvgIpc) is 2.75. The van der Waals surface area contributed by atoms with E-state index in [2.05, 4.69) is 33.0 Å². The summed E-state index contributed by atoms with van der Waals surface area (Å²) in [4.78, 5) is 24.4. The van der Waals surface area contributed by atoms with Gasteiger partial charge < -0.3 is 15.3 Å². The second-order valence-electron chi connectivity index (χ2n) is 7.16. The number of carboxylic acids is 1.